The van der Waals surface area contributed by atoms with Crippen molar-refractivity contribution in [3.05, 3.63) is 35.5 Å². The Morgan fingerprint density at radius 3 is 2.43 bits per heavy atom. The Kier molecular flexibility index (Phi) is 7.44. The summed E-state index contributed by atoms with van der Waals surface area (Å²) in [6, 6.07) is 0. The maximum absolute atomic E-state index is 12.3. The molecule has 0 unspecified atom stereocenters. The second-order valence-electron chi connectivity index (χ2n) is 6.14. The fourth-order valence-corrected chi connectivity index (χ4v) is 2.77. The lowest BCUT2D eigenvalue weighted by Crippen LogP contribution is -2.44. The van der Waals surface area contributed by atoms with Gasteiger partial charge in [0.05, 0.1) is 0 Å². The van der Waals surface area contributed by atoms with Crippen molar-refractivity contribution in [2.24, 2.45) is 11.1 Å². The van der Waals surface area contributed by atoms with E-state index in [0.717, 1.165) is 24.0 Å². The zero-order valence-electron chi connectivity index (χ0n) is 13.7. The second kappa shape index (κ2) is 8.83. The molecule has 1 fully saturated rings. The lowest BCUT2D eigenvalue weighted by Gasteiger charge is -2.36. The molecule has 1 aliphatic rings. The van der Waals surface area contributed by atoms with Crippen LogP contribution in [0.25, 0.3) is 0 Å². The SMILES string of the molecule is C\C=C/C=C\C(C)=C(\C)C(=O)NCC1(CN)CCCCC1. The molecule has 1 aliphatic carbocycles. The van der Waals surface area contributed by atoms with Crippen molar-refractivity contribution in [2.75, 3.05) is 13.1 Å². The van der Waals surface area contributed by atoms with Crippen LogP contribution in [0.1, 0.15) is 52.9 Å². The van der Waals surface area contributed by atoms with Crippen LogP contribution in [0.3, 0.4) is 0 Å². The fraction of sp³-hybridized carbons (Fsp3) is 0.611. The summed E-state index contributed by atoms with van der Waals surface area (Å²) in [7, 11) is 0. The molecule has 21 heavy (non-hydrogen) atoms. The summed E-state index contributed by atoms with van der Waals surface area (Å²) in [4.78, 5) is 12.3. The number of rotatable bonds is 6. The highest BCUT2D eigenvalue weighted by atomic mass is 16.1. The van der Waals surface area contributed by atoms with Gasteiger partial charge in [0, 0.05) is 12.1 Å². The number of carbonyl (C=O) groups is 1. The molecule has 0 saturated heterocycles. The summed E-state index contributed by atoms with van der Waals surface area (Å²) >= 11 is 0. The highest BCUT2D eigenvalue weighted by Gasteiger charge is 2.31. The Morgan fingerprint density at radius 2 is 1.86 bits per heavy atom. The predicted molar refractivity (Wildman–Crippen MR) is 89.9 cm³/mol. The molecule has 0 heterocycles. The average Bonchev–Trinajstić information content (AvgIpc) is 2.52. The number of amides is 1. The molecule has 3 nitrogen and oxygen atoms in total. The summed E-state index contributed by atoms with van der Waals surface area (Å²) in [6.07, 6.45) is 13.9. The molecule has 0 aliphatic heterocycles. The Morgan fingerprint density at radius 1 is 1.19 bits per heavy atom. The summed E-state index contributed by atoms with van der Waals surface area (Å²) in [5, 5.41) is 3.09. The molecule has 118 valence electrons. The normalized spacial score (nSPS) is 19.8. The maximum atomic E-state index is 12.3. The lowest BCUT2D eigenvalue weighted by molar-refractivity contribution is -0.118. The number of hydrogen-bond acceptors (Lipinski definition) is 2. The van der Waals surface area contributed by atoms with Crippen molar-refractivity contribution in [3.63, 3.8) is 0 Å². The topological polar surface area (TPSA) is 55.1 Å². The molecule has 0 radical (unpaired) electrons. The number of hydrogen-bond donors (Lipinski definition) is 2. The minimum Gasteiger partial charge on any atom is -0.352 e. The van der Waals surface area contributed by atoms with Gasteiger partial charge in [-0.2, -0.15) is 0 Å². The van der Waals surface area contributed by atoms with Gasteiger partial charge < -0.3 is 11.1 Å². The fourth-order valence-electron chi connectivity index (χ4n) is 2.77. The molecule has 0 aromatic heterocycles. The van der Waals surface area contributed by atoms with E-state index in [1.54, 1.807) is 0 Å². The van der Waals surface area contributed by atoms with Crippen LogP contribution >= 0.6 is 0 Å². The Hall–Kier alpha value is -1.35. The smallest absolute Gasteiger partial charge is 0.247 e. The minimum absolute atomic E-state index is 0.0241. The molecular formula is C18H30N2O. The first-order valence-electron chi connectivity index (χ1n) is 8.00. The summed E-state index contributed by atoms with van der Waals surface area (Å²) < 4.78 is 0. The Bertz CT molecular complexity index is 426. The summed E-state index contributed by atoms with van der Waals surface area (Å²) in [6.45, 7) is 7.18. The van der Waals surface area contributed by atoms with Crippen molar-refractivity contribution in [1.29, 1.82) is 0 Å². The third kappa shape index (κ3) is 5.50. The van der Waals surface area contributed by atoms with E-state index in [2.05, 4.69) is 5.32 Å². The van der Waals surface area contributed by atoms with Crippen LogP contribution in [0.15, 0.2) is 35.5 Å². The van der Waals surface area contributed by atoms with Crippen molar-refractivity contribution in [2.45, 2.75) is 52.9 Å². The first-order chi connectivity index (χ1) is 10.0. The lowest BCUT2D eigenvalue weighted by atomic mass is 9.74. The van der Waals surface area contributed by atoms with Crippen LogP contribution in [0, 0.1) is 5.41 Å². The monoisotopic (exact) mass is 290 g/mol. The van der Waals surface area contributed by atoms with Crippen LogP contribution in [0.5, 0.6) is 0 Å². The van der Waals surface area contributed by atoms with Gasteiger partial charge in [0.2, 0.25) is 5.91 Å². The van der Waals surface area contributed by atoms with Crippen LogP contribution in [-0.2, 0) is 4.79 Å². The molecule has 0 bridgehead atoms. The maximum Gasteiger partial charge on any atom is 0.247 e. The highest BCUT2D eigenvalue weighted by Crippen LogP contribution is 2.34. The molecule has 3 heteroatoms. The van der Waals surface area contributed by atoms with E-state index in [-0.39, 0.29) is 11.3 Å². The number of nitrogens with one attached hydrogen (secondary N) is 1. The van der Waals surface area contributed by atoms with Crippen LogP contribution in [-0.4, -0.2) is 19.0 Å². The Balaban J connectivity index is 2.61. The second-order valence-corrected chi connectivity index (χ2v) is 6.14. The van der Waals surface area contributed by atoms with E-state index in [4.69, 9.17) is 5.73 Å². The van der Waals surface area contributed by atoms with Gasteiger partial charge >= 0.3 is 0 Å². The van der Waals surface area contributed by atoms with E-state index in [1.807, 2.05) is 45.1 Å². The molecule has 3 N–H and O–H groups in total. The van der Waals surface area contributed by atoms with E-state index >= 15 is 0 Å². The van der Waals surface area contributed by atoms with Crippen molar-refractivity contribution < 1.29 is 4.79 Å². The van der Waals surface area contributed by atoms with Crippen molar-refractivity contribution in [3.8, 4) is 0 Å². The largest absolute Gasteiger partial charge is 0.352 e. The minimum atomic E-state index is 0.0241. The van der Waals surface area contributed by atoms with Gasteiger partial charge in [-0.25, -0.2) is 0 Å². The zero-order chi connectivity index (χ0) is 15.7. The number of allylic oxidation sites excluding steroid dienone is 5. The van der Waals surface area contributed by atoms with Gasteiger partial charge in [-0.05, 0) is 51.1 Å². The molecule has 0 spiro atoms. The number of carbonyl (C=O) groups excluding carboxylic acids is 1. The molecule has 1 saturated carbocycles. The average molecular weight is 290 g/mol. The van der Waals surface area contributed by atoms with Crippen LogP contribution in [0.2, 0.25) is 0 Å². The van der Waals surface area contributed by atoms with Gasteiger partial charge in [0.25, 0.3) is 0 Å². The van der Waals surface area contributed by atoms with Crippen LogP contribution < -0.4 is 11.1 Å². The van der Waals surface area contributed by atoms with Gasteiger partial charge in [-0.1, -0.05) is 43.6 Å². The molecule has 0 aromatic rings. The zero-order valence-corrected chi connectivity index (χ0v) is 13.7. The third-order valence-electron chi connectivity index (χ3n) is 4.55. The highest BCUT2D eigenvalue weighted by molar-refractivity contribution is 5.94. The van der Waals surface area contributed by atoms with E-state index in [9.17, 15) is 4.79 Å². The molecular weight excluding hydrogens is 260 g/mol. The van der Waals surface area contributed by atoms with Crippen molar-refractivity contribution >= 4 is 5.91 Å². The van der Waals surface area contributed by atoms with E-state index < -0.39 is 0 Å². The first-order valence-corrected chi connectivity index (χ1v) is 8.00. The van der Waals surface area contributed by atoms with Gasteiger partial charge in [0.15, 0.2) is 0 Å². The molecule has 0 aromatic carbocycles. The van der Waals surface area contributed by atoms with E-state index in [1.165, 1.54) is 19.3 Å². The molecule has 1 amide bonds. The first kappa shape index (κ1) is 17.7. The standard InChI is InChI=1S/C18H30N2O/c1-4-5-7-10-15(2)16(3)17(21)20-14-18(13-19)11-8-6-9-12-18/h4-5,7,10H,6,8-9,11-14,19H2,1-3H3,(H,20,21)/b5-4-,10-7-,16-15-. The number of nitrogens with two attached hydrogens (primary N) is 1. The Labute approximate surface area is 129 Å². The third-order valence-corrected chi connectivity index (χ3v) is 4.55. The van der Waals surface area contributed by atoms with Gasteiger partial charge in [-0.15, -0.1) is 0 Å². The molecule has 1 rings (SSSR count). The van der Waals surface area contributed by atoms with Gasteiger partial charge in [-0.3, -0.25) is 4.79 Å². The van der Waals surface area contributed by atoms with Gasteiger partial charge in [0.1, 0.15) is 0 Å². The van der Waals surface area contributed by atoms with E-state index in [0.29, 0.717) is 13.1 Å². The molecule has 0 atom stereocenters. The summed E-state index contributed by atoms with van der Waals surface area (Å²) in [5.41, 5.74) is 7.85. The van der Waals surface area contributed by atoms with Crippen molar-refractivity contribution in [1.82, 2.24) is 5.32 Å². The predicted octanol–water partition coefficient (Wildman–Crippen LogP) is 3.48. The quantitative estimate of drug-likeness (QED) is 0.581. The van der Waals surface area contributed by atoms with Crippen LogP contribution in [0.4, 0.5) is 0 Å². The summed E-state index contributed by atoms with van der Waals surface area (Å²) in [5.74, 6) is 0.0241.